The van der Waals surface area contributed by atoms with Gasteiger partial charge in [-0.05, 0) is 95.5 Å². The molecule has 0 spiro atoms. The summed E-state index contributed by atoms with van der Waals surface area (Å²) in [5.41, 5.74) is 6.21. The Morgan fingerprint density at radius 2 is 0.700 bits per heavy atom. The number of fused-ring (bicyclic) bond motifs is 12. The van der Waals surface area contributed by atoms with Gasteiger partial charge in [0.05, 0.1) is 71.8 Å². The molecule has 15 aromatic rings. The molecule has 10 aromatic carbocycles. The Hall–Kier alpha value is -9.45. The van der Waals surface area contributed by atoms with Gasteiger partial charge in [0.1, 0.15) is 11.6 Å². The second kappa shape index (κ2) is 15.0. The van der Waals surface area contributed by atoms with Crippen LogP contribution in [-0.2, 0) is 0 Å². The van der Waals surface area contributed by atoms with Crippen molar-refractivity contribution in [2.24, 2.45) is 0 Å². The van der Waals surface area contributed by atoms with Crippen LogP contribution >= 0.6 is 0 Å². The normalized spacial score (nSPS) is 15.2. The van der Waals surface area contributed by atoms with Crippen LogP contribution in [0.25, 0.3) is 132 Å². The van der Waals surface area contributed by atoms with Gasteiger partial charge in [-0.15, -0.1) is 0 Å². The Morgan fingerprint density at radius 1 is 0.300 bits per heavy atom. The maximum Gasteiger partial charge on any atom is 0.140 e. The van der Waals surface area contributed by atoms with Crippen LogP contribution in [0.5, 0.6) is 0 Å². The summed E-state index contributed by atoms with van der Waals surface area (Å²) in [5.74, 6) is -0.377. The van der Waals surface area contributed by atoms with Crippen LogP contribution in [0.3, 0.4) is 0 Å². The molecule has 0 aliphatic heterocycles. The summed E-state index contributed by atoms with van der Waals surface area (Å²) in [6.07, 6.45) is 0. The van der Waals surface area contributed by atoms with E-state index in [4.69, 9.17) is 16.0 Å². The Balaban J connectivity index is 1.17. The highest BCUT2D eigenvalue weighted by atomic mass is 15.1. The van der Waals surface area contributed by atoms with Gasteiger partial charge in [-0.1, -0.05) is 170 Å². The lowest BCUT2D eigenvalue weighted by atomic mass is 9.92. The van der Waals surface area contributed by atoms with Crippen LogP contribution < -0.4 is 0 Å². The minimum Gasteiger partial charge on any atom is -0.309 e. The summed E-state index contributed by atoms with van der Waals surface area (Å²) in [6.45, 7) is 0. The predicted molar refractivity (Wildman–Crippen MR) is 292 cm³/mol. The first kappa shape index (κ1) is 26.2. The first-order valence-corrected chi connectivity index (χ1v) is 22.7. The molecular formula is C65H41N5. The van der Waals surface area contributed by atoms with Gasteiger partial charge in [0, 0.05) is 54.3 Å². The van der Waals surface area contributed by atoms with Gasteiger partial charge in [-0.25, -0.2) is 4.98 Å². The van der Waals surface area contributed by atoms with Gasteiger partial charge in [-0.2, -0.15) is 0 Å². The zero-order chi connectivity index (χ0) is 59.8. The van der Waals surface area contributed by atoms with Crippen LogP contribution in [0.1, 0.15) is 21.9 Å². The molecule has 15 rings (SSSR count). The molecule has 0 fully saturated rings. The predicted octanol–water partition coefficient (Wildman–Crippen LogP) is 16.8. The van der Waals surface area contributed by atoms with Gasteiger partial charge in [0.15, 0.2) is 0 Å². The molecule has 0 N–H and O–H groups in total. The van der Waals surface area contributed by atoms with E-state index in [2.05, 4.69) is 39.5 Å². The van der Waals surface area contributed by atoms with Crippen molar-refractivity contribution in [3.8, 4) is 45.3 Å². The van der Waals surface area contributed by atoms with Gasteiger partial charge >= 0.3 is 0 Å². The molecule has 70 heavy (non-hydrogen) atoms. The van der Waals surface area contributed by atoms with E-state index in [0.717, 1.165) is 54.9 Å². The van der Waals surface area contributed by atoms with E-state index in [-0.39, 0.29) is 55.2 Å². The van der Waals surface area contributed by atoms with Crippen LogP contribution in [-0.4, -0.2) is 23.3 Å². The number of pyridine rings is 1. The van der Waals surface area contributed by atoms with Crippen molar-refractivity contribution < 1.29 is 21.9 Å². The highest BCUT2D eigenvalue weighted by Crippen LogP contribution is 2.44. The first-order valence-electron chi connectivity index (χ1n) is 30.7. The van der Waals surface area contributed by atoms with Crippen molar-refractivity contribution in [3.05, 3.63) is 248 Å². The Morgan fingerprint density at radius 3 is 1.16 bits per heavy atom. The lowest BCUT2D eigenvalue weighted by Gasteiger charge is -2.21. The third-order valence-electron chi connectivity index (χ3n) is 13.5. The standard InChI is InChI=1S/C65H41N5/c1-9-30-54-46(21-1)47-22-2-10-31-55(47)67(54)44-20-17-19-42(39-44)45-29-18-38-62(68-56-32-11-3-23-48(56)49-24-4-12-33-57(49)68)65(45)43-40-63(69-58-34-13-5-25-50(58)51-26-6-14-35-59(51)69)66-64(41-43)70-60-36-15-7-27-52(60)53-28-8-16-37-61(53)70/h1-41H/i5D,6D,7D,8D,13D,14D,15D,16D,25D,26D,27D,28D,34D,35D,36D,37D. The van der Waals surface area contributed by atoms with Crippen molar-refractivity contribution in [1.82, 2.24) is 23.3 Å². The summed E-state index contributed by atoms with van der Waals surface area (Å²) >= 11 is 0. The number of benzene rings is 10. The molecule has 0 saturated heterocycles. The van der Waals surface area contributed by atoms with Crippen molar-refractivity contribution in [3.63, 3.8) is 0 Å². The van der Waals surface area contributed by atoms with Crippen LogP contribution in [0.4, 0.5) is 0 Å². The SMILES string of the molecule is [2H]c1c([2H])c([2H])c2c(c1[2H])c1c([2H])c([2H])c([2H])c([2H])c1n2-c1cc(-c2c(-c3cccc(-n4c5ccccc5c5ccccc54)c3)cccc2-n2c3ccccc3c3ccccc32)cc(-n2c3c([2H])c([2H])c([2H])c([2H])c3c3c([2H])c([2H])c([2H])c([2H])c32)n1. The Kier molecular flexibility index (Phi) is 5.62. The molecule has 5 heteroatoms. The second-order valence-electron chi connectivity index (χ2n) is 17.1. The van der Waals surface area contributed by atoms with Crippen molar-refractivity contribution in [1.29, 1.82) is 0 Å². The molecule has 0 aliphatic carbocycles. The Labute approximate surface area is 425 Å². The third kappa shape index (κ3) is 5.57. The lowest BCUT2D eigenvalue weighted by Crippen LogP contribution is -2.06. The third-order valence-corrected chi connectivity index (χ3v) is 13.5. The largest absolute Gasteiger partial charge is 0.309 e. The van der Waals surface area contributed by atoms with E-state index in [1.54, 1.807) is 12.1 Å². The van der Waals surface area contributed by atoms with Gasteiger partial charge in [-0.3, -0.25) is 9.13 Å². The van der Waals surface area contributed by atoms with E-state index < -0.39 is 96.7 Å². The van der Waals surface area contributed by atoms with E-state index >= 15 is 0 Å². The number of hydrogen-bond acceptors (Lipinski definition) is 1. The summed E-state index contributed by atoms with van der Waals surface area (Å²) < 4.78 is 154. The number of nitrogens with zero attached hydrogens (tertiary/aromatic N) is 5. The molecule has 0 radical (unpaired) electrons. The number of rotatable bonds is 6. The van der Waals surface area contributed by atoms with Gasteiger partial charge in [0.2, 0.25) is 0 Å². The van der Waals surface area contributed by atoms with E-state index in [1.165, 1.54) is 9.13 Å². The molecule has 0 saturated carbocycles. The number of para-hydroxylation sites is 8. The molecule has 0 unspecified atom stereocenters. The average molecular weight is 908 g/mol. The number of hydrogen-bond donors (Lipinski definition) is 0. The van der Waals surface area contributed by atoms with E-state index in [9.17, 15) is 11.0 Å². The second-order valence-corrected chi connectivity index (χ2v) is 17.1. The lowest BCUT2D eigenvalue weighted by molar-refractivity contribution is 1.01. The first-order chi connectivity index (χ1) is 41.4. The fraction of sp³-hybridized carbons (Fsp3) is 0. The quantitative estimate of drug-likeness (QED) is 0.164. The van der Waals surface area contributed by atoms with Crippen molar-refractivity contribution in [2.75, 3.05) is 0 Å². The zero-order valence-corrected chi connectivity index (χ0v) is 36.7. The molecule has 0 bridgehead atoms. The van der Waals surface area contributed by atoms with Gasteiger partial charge < -0.3 is 9.13 Å². The molecule has 5 heterocycles. The van der Waals surface area contributed by atoms with E-state index in [0.29, 0.717) is 22.4 Å². The minimum absolute atomic E-state index is 0.189. The fourth-order valence-corrected chi connectivity index (χ4v) is 10.6. The van der Waals surface area contributed by atoms with Crippen LogP contribution in [0, 0.1) is 0 Å². The highest BCUT2D eigenvalue weighted by Gasteiger charge is 2.24. The topological polar surface area (TPSA) is 32.6 Å². The van der Waals surface area contributed by atoms with Gasteiger partial charge in [0.25, 0.3) is 0 Å². The zero-order valence-electron chi connectivity index (χ0n) is 52.7. The number of aromatic nitrogens is 5. The van der Waals surface area contributed by atoms with Crippen LogP contribution in [0.2, 0.25) is 0 Å². The molecule has 0 aliphatic rings. The molecule has 0 amide bonds. The fourth-order valence-electron chi connectivity index (χ4n) is 10.6. The summed E-state index contributed by atoms with van der Waals surface area (Å²) in [7, 11) is 0. The minimum atomic E-state index is -0.672. The summed E-state index contributed by atoms with van der Waals surface area (Å²) in [4.78, 5) is 5.24. The Bertz CT molecular complexity index is 5140. The smallest absolute Gasteiger partial charge is 0.140 e. The summed E-state index contributed by atoms with van der Waals surface area (Å²) in [5, 5.41) is 3.09. The molecule has 5 aromatic heterocycles. The maximum absolute atomic E-state index is 9.59. The summed E-state index contributed by atoms with van der Waals surface area (Å²) in [6, 6.07) is 39.4. The average Bonchev–Trinajstić information content (AvgIpc) is 1.64. The molecule has 5 nitrogen and oxygen atoms in total. The van der Waals surface area contributed by atoms with Crippen LogP contribution in [0.15, 0.2) is 248 Å². The monoisotopic (exact) mass is 907 g/mol. The molecule has 326 valence electrons. The maximum atomic E-state index is 9.59. The van der Waals surface area contributed by atoms with Crippen molar-refractivity contribution in [2.45, 2.75) is 0 Å². The highest BCUT2D eigenvalue weighted by molar-refractivity contribution is 6.13. The van der Waals surface area contributed by atoms with E-state index in [1.807, 2.05) is 109 Å². The molecular weight excluding hydrogens is 851 g/mol. The molecule has 0 atom stereocenters. The van der Waals surface area contributed by atoms with Crippen molar-refractivity contribution >= 4 is 87.2 Å².